The molecule has 1 aromatic rings. The van der Waals surface area contributed by atoms with Crippen molar-refractivity contribution in [3.05, 3.63) is 29.8 Å². The molecule has 0 bridgehead atoms. The number of hydrogen-bond donors (Lipinski definition) is 2. The quantitative estimate of drug-likeness (QED) is 0.818. The van der Waals surface area contributed by atoms with E-state index in [0.29, 0.717) is 6.04 Å². The van der Waals surface area contributed by atoms with E-state index in [0.717, 1.165) is 24.3 Å². The lowest BCUT2D eigenvalue weighted by atomic mass is 10.1. The van der Waals surface area contributed by atoms with Crippen molar-refractivity contribution in [2.45, 2.75) is 32.0 Å². The molecule has 2 rings (SSSR count). The topological polar surface area (TPSA) is 24.1 Å². The molecule has 3 heteroatoms. The van der Waals surface area contributed by atoms with Gasteiger partial charge in [0.05, 0.1) is 0 Å². The van der Waals surface area contributed by atoms with Gasteiger partial charge in [-0.3, -0.25) is 0 Å². The zero-order chi connectivity index (χ0) is 11.4. The Morgan fingerprint density at radius 2 is 2.19 bits per heavy atom. The first-order chi connectivity index (χ1) is 7.75. The second-order valence-corrected chi connectivity index (χ2v) is 4.41. The summed E-state index contributed by atoms with van der Waals surface area (Å²) in [5.74, 6) is 0. The summed E-state index contributed by atoms with van der Waals surface area (Å²) in [7, 11) is 0. The third-order valence-electron chi connectivity index (χ3n) is 3.08. The fourth-order valence-corrected chi connectivity index (χ4v) is 2.04. The summed E-state index contributed by atoms with van der Waals surface area (Å²) in [6.07, 6.45) is 1.63. The summed E-state index contributed by atoms with van der Waals surface area (Å²) in [6, 6.07) is 8.16. The van der Waals surface area contributed by atoms with Gasteiger partial charge in [0.15, 0.2) is 0 Å². The highest BCUT2D eigenvalue weighted by Gasteiger charge is 2.13. The summed E-state index contributed by atoms with van der Waals surface area (Å²) >= 11 is 0. The van der Waals surface area contributed by atoms with E-state index in [1.54, 1.807) is 6.92 Å². The van der Waals surface area contributed by atoms with Crippen LogP contribution < -0.4 is 10.6 Å². The zero-order valence-electron chi connectivity index (χ0n) is 9.67. The first-order valence-electron chi connectivity index (χ1n) is 5.97. The van der Waals surface area contributed by atoms with Gasteiger partial charge in [-0.2, -0.15) is 0 Å². The second-order valence-electron chi connectivity index (χ2n) is 4.41. The molecule has 1 aliphatic heterocycles. The van der Waals surface area contributed by atoms with Crippen molar-refractivity contribution in [2.75, 3.05) is 18.4 Å². The summed E-state index contributed by atoms with van der Waals surface area (Å²) in [5.41, 5.74) is 1.81. The van der Waals surface area contributed by atoms with E-state index < -0.39 is 6.17 Å². The third-order valence-corrected chi connectivity index (χ3v) is 3.08. The summed E-state index contributed by atoms with van der Waals surface area (Å²) in [4.78, 5) is 0. The fourth-order valence-electron chi connectivity index (χ4n) is 2.04. The number of alkyl halides is 1. The van der Waals surface area contributed by atoms with Crippen LogP contribution in [-0.2, 0) is 0 Å². The summed E-state index contributed by atoms with van der Waals surface area (Å²) in [6.45, 7) is 3.64. The molecule has 2 atom stereocenters. The second kappa shape index (κ2) is 5.30. The Morgan fingerprint density at radius 1 is 1.44 bits per heavy atom. The van der Waals surface area contributed by atoms with Gasteiger partial charge in [0, 0.05) is 18.3 Å². The van der Waals surface area contributed by atoms with E-state index in [2.05, 4.69) is 10.6 Å². The van der Waals surface area contributed by atoms with Crippen molar-refractivity contribution in [2.24, 2.45) is 0 Å². The Balaban J connectivity index is 1.84. The molecule has 0 spiro atoms. The van der Waals surface area contributed by atoms with Gasteiger partial charge >= 0.3 is 0 Å². The van der Waals surface area contributed by atoms with Crippen molar-refractivity contribution in [3.63, 3.8) is 0 Å². The number of rotatable bonds is 4. The van der Waals surface area contributed by atoms with Gasteiger partial charge in [0.2, 0.25) is 0 Å². The molecular formula is C13H19FN2. The summed E-state index contributed by atoms with van der Waals surface area (Å²) in [5, 5.41) is 6.80. The van der Waals surface area contributed by atoms with Crippen LogP contribution in [0.2, 0.25) is 0 Å². The minimum Gasteiger partial charge on any atom is -0.383 e. The van der Waals surface area contributed by atoms with Gasteiger partial charge in [0.25, 0.3) is 0 Å². The molecule has 2 unspecified atom stereocenters. The lowest BCUT2D eigenvalue weighted by molar-refractivity contribution is 0.374. The van der Waals surface area contributed by atoms with E-state index >= 15 is 0 Å². The highest BCUT2D eigenvalue weighted by molar-refractivity contribution is 5.45. The van der Waals surface area contributed by atoms with Crippen LogP contribution in [0.1, 0.15) is 31.5 Å². The van der Waals surface area contributed by atoms with Crippen LogP contribution in [0.4, 0.5) is 10.1 Å². The van der Waals surface area contributed by atoms with Gasteiger partial charge in [-0.1, -0.05) is 12.1 Å². The molecule has 0 saturated carbocycles. The van der Waals surface area contributed by atoms with Crippen molar-refractivity contribution in [1.29, 1.82) is 0 Å². The molecule has 1 aliphatic rings. The van der Waals surface area contributed by atoms with Crippen molar-refractivity contribution >= 4 is 5.69 Å². The average molecular weight is 222 g/mol. The molecular weight excluding hydrogens is 203 g/mol. The van der Waals surface area contributed by atoms with Crippen LogP contribution in [0, 0.1) is 0 Å². The minimum atomic E-state index is -0.884. The normalized spacial score (nSPS) is 22.0. The largest absolute Gasteiger partial charge is 0.383 e. The Labute approximate surface area is 96.2 Å². The maximum Gasteiger partial charge on any atom is 0.122 e. The zero-order valence-corrected chi connectivity index (χ0v) is 9.67. The standard InChI is InChI=1S/C13H19FN2/c1-10(14)11-4-6-12(7-5-11)16-9-13-3-2-8-15-13/h4-7,10,13,15-16H,2-3,8-9H2,1H3. The lowest BCUT2D eigenvalue weighted by Crippen LogP contribution is -2.29. The van der Waals surface area contributed by atoms with Gasteiger partial charge in [0.1, 0.15) is 6.17 Å². The molecule has 1 heterocycles. The van der Waals surface area contributed by atoms with Crippen LogP contribution in [0.15, 0.2) is 24.3 Å². The predicted molar refractivity (Wildman–Crippen MR) is 65.5 cm³/mol. The molecule has 16 heavy (non-hydrogen) atoms. The Hall–Kier alpha value is -1.09. The average Bonchev–Trinajstić information content (AvgIpc) is 2.80. The molecule has 1 saturated heterocycles. The molecule has 88 valence electrons. The number of nitrogens with one attached hydrogen (secondary N) is 2. The highest BCUT2D eigenvalue weighted by atomic mass is 19.1. The van der Waals surface area contributed by atoms with Crippen molar-refractivity contribution in [3.8, 4) is 0 Å². The van der Waals surface area contributed by atoms with Gasteiger partial charge < -0.3 is 10.6 Å². The Kier molecular flexibility index (Phi) is 3.78. The molecule has 0 aliphatic carbocycles. The number of halogens is 1. The van der Waals surface area contributed by atoms with Crippen molar-refractivity contribution < 1.29 is 4.39 Å². The molecule has 0 amide bonds. The van der Waals surface area contributed by atoms with Crippen LogP contribution in [-0.4, -0.2) is 19.1 Å². The highest BCUT2D eigenvalue weighted by Crippen LogP contribution is 2.18. The Morgan fingerprint density at radius 3 is 2.75 bits per heavy atom. The first-order valence-corrected chi connectivity index (χ1v) is 5.97. The maximum absolute atomic E-state index is 13.0. The third kappa shape index (κ3) is 2.95. The van der Waals surface area contributed by atoms with Crippen LogP contribution in [0.25, 0.3) is 0 Å². The van der Waals surface area contributed by atoms with E-state index in [9.17, 15) is 4.39 Å². The molecule has 0 radical (unpaired) electrons. The Bertz CT molecular complexity index is 315. The summed E-state index contributed by atoms with van der Waals surface area (Å²) < 4.78 is 13.0. The number of benzene rings is 1. The monoisotopic (exact) mass is 222 g/mol. The number of hydrogen-bond acceptors (Lipinski definition) is 2. The van der Waals surface area contributed by atoms with Crippen LogP contribution in [0.3, 0.4) is 0 Å². The molecule has 1 aromatic carbocycles. The predicted octanol–water partition coefficient (Wildman–Crippen LogP) is 2.88. The minimum absolute atomic E-state index is 0.583. The SMILES string of the molecule is CC(F)c1ccc(NCC2CCCN2)cc1. The van der Waals surface area contributed by atoms with E-state index in [4.69, 9.17) is 0 Å². The van der Waals surface area contributed by atoms with E-state index in [-0.39, 0.29) is 0 Å². The molecule has 1 fully saturated rings. The van der Waals surface area contributed by atoms with Gasteiger partial charge in [-0.25, -0.2) is 4.39 Å². The van der Waals surface area contributed by atoms with Crippen molar-refractivity contribution in [1.82, 2.24) is 5.32 Å². The number of anilines is 1. The van der Waals surface area contributed by atoms with Gasteiger partial charge in [-0.05, 0) is 44.0 Å². The lowest BCUT2D eigenvalue weighted by Gasteiger charge is -2.13. The van der Waals surface area contributed by atoms with E-state index in [1.165, 1.54) is 12.8 Å². The maximum atomic E-state index is 13.0. The molecule has 0 aromatic heterocycles. The van der Waals surface area contributed by atoms with Gasteiger partial charge in [-0.15, -0.1) is 0 Å². The fraction of sp³-hybridized carbons (Fsp3) is 0.538. The van der Waals surface area contributed by atoms with Crippen LogP contribution >= 0.6 is 0 Å². The smallest absolute Gasteiger partial charge is 0.122 e. The molecule has 2 N–H and O–H groups in total. The van der Waals surface area contributed by atoms with E-state index in [1.807, 2.05) is 24.3 Å². The van der Waals surface area contributed by atoms with Crippen LogP contribution in [0.5, 0.6) is 0 Å². The first kappa shape index (κ1) is 11.4. The molecule has 2 nitrogen and oxygen atoms in total.